The predicted octanol–water partition coefficient (Wildman–Crippen LogP) is -2.76. The summed E-state index contributed by atoms with van der Waals surface area (Å²) in [6, 6.07) is 0.930. The molecule has 1 atom stereocenters. The van der Waals surface area contributed by atoms with E-state index in [9.17, 15) is 0 Å². The molecule has 3 heteroatoms. The molecule has 0 amide bonds. The molecular weight excluding hydrogens is 140 g/mol. The molecule has 2 rings (SSSR count). The lowest BCUT2D eigenvalue weighted by Crippen LogP contribution is -3.18. The van der Waals surface area contributed by atoms with E-state index in [2.05, 4.69) is 5.32 Å². The van der Waals surface area contributed by atoms with Crippen LogP contribution in [0.1, 0.15) is 6.42 Å². The van der Waals surface area contributed by atoms with Crippen molar-refractivity contribution in [3.8, 4) is 0 Å². The maximum atomic E-state index is 5.33. The summed E-state index contributed by atoms with van der Waals surface area (Å²) in [5.74, 6) is 0. The first-order chi connectivity index (χ1) is 5.47. The monoisotopic (exact) mass is 158 g/mol. The van der Waals surface area contributed by atoms with E-state index < -0.39 is 0 Å². The average molecular weight is 158 g/mol. The van der Waals surface area contributed by atoms with E-state index in [4.69, 9.17) is 4.74 Å². The molecule has 0 bridgehead atoms. The zero-order chi connectivity index (χ0) is 7.52. The van der Waals surface area contributed by atoms with Gasteiger partial charge in [0, 0.05) is 0 Å². The minimum Gasteiger partial charge on any atom is -0.370 e. The molecule has 2 saturated heterocycles. The smallest absolute Gasteiger partial charge is 0.142 e. The Labute approximate surface area is 67.7 Å². The Bertz CT molecular complexity index is 117. The molecule has 2 heterocycles. The van der Waals surface area contributed by atoms with Gasteiger partial charge in [0.15, 0.2) is 0 Å². The highest BCUT2D eigenvalue weighted by Crippen LogP contribution is 1.87. The third kappa shape index (κ3) is 1.72. The van der Waals surface area contributed by atoms with Crippen LogP contribution >= 0.6 is 0 Å². The zero-order valence-corrected chi connectivity index (χ0v) is 7.01. The van der Waals surface area contributed by atoms with Crippen molar-refractivity contribution in [3.05, 3.63) is 0 Å². The lowest BCUT2D eigenvalue weighted by Gasteiger charge is -2.27. The van der Waals surface area contributed by atoms with Gasteiger partial charge in [-0.05, 0) is 0 Å². The molecule has 0 spiro atoms. The molecule has 11 heavy (non-hydrogen) atoms. The highest BCUT2D eigenvalue weighted by Gasteiger charge is 2.29. The van der Waals surface area contributed by atoms with E-state index in [1.54, 1.807) is 4.90 Å². The van der Waals surface area contributed by atoms with Gasteiger partial charge in [0.2, 0.25) is 0 Å². The van der Waals surface area contributed by atoms with Crippen LogP contribution in [0.2, 0.25) is 0 Å². The van der Waals surface area contributed by atoms with Crippen molar-refractivity contribution < 1.29 is 15.0 Å². The van der Waals surface area contributed by atoms with Gasteiger partial charge in [-0.25, -0.2) is 0 Å². The van der Waals surface area contributed by atoms with Crippen molar-refractivity contribution in [1.29, 1.82) is 0 Å². The van der Waals surface area contributed by atoms with E-state index in [1.165, 1.54) is 32.6 Å². The van der Waals surface area contributed by atoms with Crippen LogP contribution in [0.15, 0.2) is 0 Å². The van der Waals surface area contributed by atoms with Gasteiger partial charge in [-0.1, -0.05) is 0 Å². The fourth-order valence-corrected chi connectivity index (χ4v) is 2.17. The third-order valence-electron chi connectivity index (χ3n) is 2.88. The first kappa shape index (κ1) is 7.53. The molecule has 0 aliphatic carbocycles. The van der Waals surface area contributed by atoms with Crippen molar-refractivity contribution in [3.63, 3.8) is 0 Å². The molecule has 2 fully saturated rings. The lowest BCUT2D eigenvalue weighted by molar-refractivity contribution is -0.936. The summed E-state index contributed by atoms with van der Waals surface area (Å²) >= 11 is 0. The fourth-order valence-electron chi connectivity index (χ4n) is 2.17. The zero-order valence-electron chi connectivity index (χ0n) is 7.01. The summed E-state index contributed by atoms with van der Waals surface area (Å²) in [5, 5.41) is 2.44. The standard InChI is InChI=1S/C8H16N2O/c1-2-9-7-8(1)10-3-5-11-6-4-10/h8-9H,1-7H2/p+2/t8-/m1/s1. The van der Waals surface area contributed by atoms with Gasteiger partial charge in [-0.2, -0.15) is 0 Å². The van der Waals surface area contributed by atoms with Gasteiger partial charge in [-0.15, -0.1) is 0 Å². The SMILES string of the molecule is C1C[C@@H]([NH+]2CCOCC2)C[NH2+]1. The number of rotatable bonds is 1. The molecule has 3 nitrogen and oxygen atoms in total. The van der Waals surface area contributed by atoms with Crippen LogP contribution in [-0.4, -0.2) is 45.4 Å². The number of nitrogens with one attached hydrogen (secondary N) is 1. The Morgan fingerprint density at radius 1 is 1.27 bits per heavy atom. The van der Waals surface area contributed by atoms with Crippen molar-refractivity contribution in [1.82, 2.24) is 0 Å². The topological polar surface area (TPSA) is 30.3 Å². The van der Waals surface area contributed by atoms with Gasteiger partial charge in [0.05, 0.1) is 26.2 Å². The molecule has 2 aliphatic rings. The van der Waals surface area contributed by atoms with Gasteiger partial charge >= 0.3 is 0 Å². The Morgan fingerprint density at radius 2 is 2.09 bits per heavy atom. The molecule has 0 unspecified atom stereocenters. The molecule has 64 valence electrons. The molecule has 0 aromatic rings. The van der Waals surface area contributed by atoms with Crippen LogP contribution < -0.4 is 10.2 Å². The van der Waals surface area contributed by atoms with E-state index in [0.29, 0.717) is 0 Å². The number of nitrogens with two attached hydrogens (primary N) is 1. The van der Waals surface area contributed by atoms with Gasteiger partial charge < -0.3 is 15.0 Å². The molecule has 0 saturated carbocycles. The van der Waals surface area contributed by atoms with Crippen molar-refractivity contribution >= 4 is 0 Å². The highest BCUT2D eigenvalue weighted by molar-refractivity contribution is 4.58. The van der Waals surface area contributed by atoms with Crippen molar-refractivity contribution in [2.45, 2.75) is 12.5 Å². The van der Waals surface area contributed by atoms with Crippen molar-refractivity contribution in [2.75, 3.05) is 39.4 Å². The predicted molar refractivity (Wildman–Crippen MR) is 41.6 cm³/mol. The van der Waals surface area contributed by atoms with Crippen LogP contribution in [0.25, 0.3) is 0 Å². The maximum absolute atomic E-state index is 5.33. The first-order valence-electron chi connectivity index (χ1n) is 4.71. The Balaban J connectivity index is 1.82. The van der Waals surface area contributed by atoms with E-state index >= 15 is 0 Å². The van der Waals surface area contributed by atoms with Crippen LogP contribution in [-0.2, 0) is 4.74 Å². The second kappa shape index (κ2) is 3.52. The van der Waals surface area contributed by atoms with Crippen molar-refractivity contribution in [2.24, 2.45) is 0 Å². The molecule has 2 aliphatic heterocycles. The van der Waals surface area contributed by atoms with E-state index in [0.717, 1.165) is 19.3 Å². The minimum atomic E-state index is 0.930. The first-order valence-corrected chi connectivity index (χ1v) is 4.71. The highest BCUT2D eigenvalue weighted by atomic mass is 16.5. The maximum Gasteiger partial charge on any atom is 0.142 e. The molecule has 0 radical (unpaired) electrons. The third-order valence-corrected chi connectivity index (χ3v) is 2.88. The summed E-state index contributed by atoms with van der Waals surface area (Å²) in [6.45, 7) is 7.11. The molecule has 0 aromatic heterocycles. The quantitative estimate of drug-likeness (QED) is 0.425. The second-order valence-corrected chi connectivity index (χ2v) is 3.57. The molecular formula is C8H18N2O+2. The van der Waals surface area contributed by atoms with Gasteiger partial charge in [0.1, 0.15) is 25.7 Å². The Kier molecular flexibility index (Phi) is 2.41. The summed E-state index contributed by atoms with van der Waals surface area (Å²) in [4.78, 5) is 1.78. The summed E-state index contributed by atoms with van der Waals surface area (Å²) in [7, 11) is 0. The fraction of sp³-hybridized carbons (Fsp3) is 1.00. The minimum absolute atomic E-state index is 0.930. The van der Waals surface area contributed by atoms with Gasteiger partial charge in [0.25, 0.3) is 0 Å². The van der Waals surface area contributed by atoms with E-state index in [1.807, 2.05) is 0 Å². The number of morpholine rings is 1. The summed E-state index contributed by atoms with van der Waals surface area (Å²) < 4.78 is 5.33. The average Bonchev–Trinajstić information content (AvgIpc) is 2.58. The number of hydrogen-bond acceptors (Lipinski definition) is 1. The molecule has 0 aromatic carbocycles. The largest absolute Gasteiger partial charge is 0.370 e. The number of ether oxygens (including phenoxy) is 1. The van der Waals surface area contributed by atoms with Gasteiger partial charge in [-0.3, -0.25) is 0 Å². The summed E-state index contributed by atoms with van der Waals surface area (Å²) in [6.07, 6.45) is 1.41. The normalized spacial score (nSPS) is 34.4. The van der Waals surface area contributed by atoms with E-state index in [-0.39, 0.29) is 0 Å². The second-order valence-electron chi connectivity index (χ2n) is 3.57. The summed E-state index contributed by atoms with van der Waals surface area (Å²) in [5.41, 5.74) is 0. The van der Waals surface area contributed by atoms with Crippen LogP contribution in [0, 0.1) is 0 Å². The molecule has 3 N–H and O–H groups in total. The Morgan fingerprint density at radius 3 is 2.73 bits per heavy atom. The van der Waals surface area contributed by atoms with Crippen LogP contribution in [0.3, 0.4) is 0 Å². The lowest BCUT2D eigenvalue weighted by atomic mass is 10.2. The number of hydrogen-bond donors (Lipinski definition) is 2. The Hall–Kier alpha value is -0.120. The van der Waals surface area contributed by atoms with Crippen LogP contribution in [0.4, 0.5) is 0 Å². The van der Waals surface area contributed by atoms with Crippen LogP contribution in [0.5, 0.6) is 0 Å². The number of quaternary nitrogens is 2.